The lowest BCUT2D eigenvalue weighted by Crippen LogP contribution is -2.44. The minimum Gasteiger partial charge on any atom is -0.355 e. The van der Waals surface area contributed by atoms with Gasteiger partial charge in [0.25, 0.3) is 5.91 Å². The molecule has 0 aromatic heterocycles. The van der Waals surface area contributed by atoms with Crippen LogP contribution in [-0.4, -0.2) is 49.2 Å². The van der Waals surface area contributed by atoms with Gasteiger partial charge in [-0.3, -0.25) is 9.79 Å². The summed E-state index contributed by atoms with van der Waals surface area (Å²) in [4.78, 5) is 19.3. The first kappa shape index (κ1) is 22.2. The molecule has 0 bridgehead atoms. The molecule has 1 aliphatic rings. The van der Waals surface area contributed by atoms with Gasteiger partial charge in [-0.1, -0.05) is 43.2 Å². The van der Waals surface area contributed by atoms with E-state index in [0.29, 0.717) is 12.1 Å². The van der Waals surface area contributed by atoms with Crippen LogP contribution in [0.15, 0.2) is 64.5 Å². The van der Waals surface area contributed by atoms with Gasteiger partial charge in [-0.05, 0) is 42.7 Å². The standard InChI is InChI=1S/C24H32N4OS/c1-25-23(26-17-19-11-13-20(14-12-19)22(29)28(2)3)27-18-24(15-7-8-16-24)30-21-9-5-4-6-10-21/h4-6,9-14H,7-8,15-18H2,1-3H3,(H2,25,26,27). The highest BCUT2D eigenvalue weighted by molar-refractivity contribution is 8.00. The van der Waals surface area contributed by atoms with E-state index < -0.39 is 0 Å². The van der Waals surface area contributed by atoms with E-state index in [2.05, 4.69) is 46.0 Å². The highest BCUT2D eigenvalue weighted by Gasteiger charge is 2.35. The molecule has 5 nitrogen and oxygen atoms in total. The van der Waals surface area contributed by atoms with Crippen molar-refractivity contribution in [2.45, 2.75) is 41.9 Å². The van der Waals surface area contributed by atoms with Crippen LogP contribution in [0.1, 0.15) is 41.6 Å². The Labute approximate surface area is 184 Å². The number of nitrogens with one attached hydrogen (secondary N) is 2. The van der Waals surface area contributed by atoms with Crippen LogP contribution in [0.25, 0.3) is 0 Å². The van der Waals surface area contributed by atoms with Crippen molar-refractivity contribution >= 4 is 23.6 Å². The molecule has 1 fully saturated rings. The molecule has 2 N–H and O–H groups in total. The zero-order chi connectivity index (χ0) is 21.4. The van der Waals surface area contributed by atoms with E-state index in [1.807, 2.05) is 36.0 Å². The van der Waals surface area contributed by atoms with Crippen molar-refractivity contribution in [3.05, 3.63) is 65.7 Å². The van der Waals surface area contributed by atoms with Gasteiger partial charge in [0.2, 0.25) is 0 Å². The number of benzene rings is 2. The van der Waals surface area contributed by atoms with Crippen LogP contribution in [0, 0.1) is 0 Å². The maximum Gasteiger partial charge on any atom is 0.253 e. The molecule has 0 radical (unpaired) electrons. The minimum atomic E-state index is 0.0183. The van der Waals surface area contributed by atoms with Gasteiger partial charge in [-0.15, -0.1) is 11.8 Å². The second kappa shape index (κ2) is 10.5. The van der Waals surface area contributed by atoms with Crippen LogP contribution in [0.3, 0.4) is 0 Å². The number of carbonyl (C=O) groups excluding carboxylic acids is 1. The summed E-state index contributed by atoms with van der Waals surface area (Å²) in [5, 5.41) is 6.94. The van der Waals surface area contributed by atoms with E-state index >= 15 is 0 Å². The number of amides is 1. The van der Waals surface area contributed by atoms with Crippen molar-refractivity contribution in [1.29, 1.82) is 0 Å². The first-order valence-electron chi connectivity index (χ1n) is 10.5. The van der Waals surface area contributed by atoms with Crippen molar-refractivity contribution in [3.63, 3.8) is 0 Å². The Hall–Kier alpha value is -2.47. The number of hydrogen-bond acceptors (Lipinski definition) is 3. The predicted molar refractivity (Wildman–Crippen MR) is 126 cm³/mol. The maximum absolute atomic E-state index is 12.0. The molecule has 0 saturated heterocycles. The molecule has 2 aromatic carbocycles. The number of nitrogens with zero attached hydrogens (tertiary/aromatic N) is 2. The Bertz CT molecular complexity index is 843. The zero-order valence-corrected chi connectivity index (χ0v) is 19.0. The molecule has 0 heterocycles. The Kier molecular flexibility index (Phi) is 7.80. The summed E-state index contributed by atoms with van der Waals surface area (Å²) in [6.45, 7) is 1.55. The third-order valence-electron chi connectivity index (χ3n) is 5.46. The third kappa shape index (κ3) is 6.02. The number of carbonyl (C=O) groups is 1. The number of hydrogen-bond donors (Lipinski definition) is 2. The Morgan fingerprint density at radius 3 is 2.30 bits per heavy atom. The van der Waals surface area contributed by atoms with Gasteiger partial charge in [-0.25, -0.2) is 0 Å². The van der Waals surface area contributed by atoms with Gasteiger partial charge in [-0.2, -0.15) is 0 Å². The van der Waals surface area contributed by atoms with Crippen LogP contribution >= 0.6 is 11.8 Å². The zero-order valence-electron chi connectivity index (χ0n) is 18.1. The number of thioether (sulfide) groups is 1. The molecule has 1 amide bonds. The normalized spacial score (nSPS) is 15.6. The van der Waals surface area contributed by atoms with Crippen LogP contribution in [-0.2, 0) is 6.54 Å². The molecule has 0 aliphatic heterocycles. The fourth-order valence-electron chi connectivity index (χ4n) is 3.75. The van der Waals surface area contributed by atoms with Gasteiger partial charge < -0.3 is 15.5 Å². The summed E-state index contributed by atoms with van der Waals surface area (Å²) in [6, 6.07) is 18.4. The van der Waals surface area contributed by atoms with Crippen LogP contribution in [0.2, 0.25) is 0 Å². The summed E-state index contributed by atoms with van der Waals surface area (Å²) >= 11 is 1.99. The molecule has 2 aromatic rings. The van der Waals surface area contributed by atoms with Crippen molar-refractivity contribution < 1.29 is 4.79 Å². The molecule has 0 atom stereocenters. The molecule has 30 heavy (non-hydrogen) atoms. The Balaban J connectivity index is 1.54. The van der Waals surface area contributed by atoms with Crippen molar-refractivity contribution in [2.24, 2.45) is 4.99 Å². The molecule has 3 rings (SSSR count). The predicted octanol–water partition coefficient (Wildman–Crippen LogP) is 4.16. The Morgan fingerprint density at radius 1 is 1.03 bits per heavy atom. The SMILES string of the molecule is CN=C(NCc1ccc(C(=O)N(C)C)cc1)NCC1(Sc2ccccc2)CCCC1. The molecule has 0 unspecified atom stereocenters. The first-order valence-corrected chi connectivity index (χ1v) is 11.3. The maximum atomic E-state index is 12.0. The molecule has 0 spiro atoms. The lowest BCUT2D eigenvalue weighted by molar-refractivity contribution is 0.0827. The lowest BCUT2D eigenvalue weighted by Gasteiger charge is -2.29. The molecule has 1 saturated carbocycles. The van der Waals surface area contributed by atoms with Gasteiger partial charge in [0, 0.05) is 49.4 Å². The van der Waals surface area contributed by atoms with Gasteiger partial charge >= 0.3 is 0 Å². The van der Waals surface area contributed by atoms with Crippen LogP contribution in [0.5, 0.6) is 0 Å². The lowest BCUT2D eigenvalue weighted by atomic mass is 10.1. The van der Waals surface area contributed by atoms with E-state index in [1.165, 1.54) is 30.6 Å². The smallest absolute Gasteiger partial charge is 0.253 e. The fraction of sp³-hybridized carbons (Fsp3) is 0.417. The monoisotopic (exact) mass is 424 g/mol. The van der Waals surface area contributed by atoms with E-state index in [4.69, 9.17) is 0 Å². The summed E-state index contributed by atoms with van der Waals surface area (Å²) in [5.74, 6) is 0.827. The van der Waals surface area contributed by atoms with Crippen molar-refractivity contribution in [1.82, 2.24) is 15.5 Å². The van der Waals surface area contributed by atoms with E-state index in [-0.39, 0.29) is 10.7 Å². The molecule has 6 heteroatoms. The van der Waals surface area contributed by atoms with Gasteiger partial charge in [0.05, 0.1) is 0 Å². The number of rotatable bonds is 7. The number of aliphatic imine (C=N–C) groups is 1. The summed E-state index contributed by atoms with van der Waals surface area (Å²) in [6.07, 6.45) is 5.01. The van der Waals surface area contributed by atoms with E-state index in [1.54, 1.807) is 26.0 Å². The number of guanidine groups is 1. The average molecular weight is 425 g/mol. The second-order valence-corrected chi connectivity index (χ2v) is 9.52. The quantitative estimate of drug-likeness (QED) is 0.518. The fourth-order valence-corrected chi connectivity index (χ4v) is 5.18. The summed E-state index contributed by atoms with van der Waals surface area (Å²) in [5.41, 5.74) is 1.81. The highest BCUT2D eigenvalue weighted by Crippen LogP contribution is 2.44. The molecule has 160 valence electrons. The van der Waals surface area contributed by atoms with Crippen LogP contribution < -0.4 is 10.6 Å². The molecule has 1 aliphatic carbocycles. The van der Waals surface area contributed by atoms with Gasteiger partial charge in [0.15, 0.2) is 5.96 Å². The minimum absolute atomic E-state index is 0.0183. The topological polar surface area (TPSA) is 56.7 Å². The largest absolute Gasteiger partial charge is 0.355 e. The summed E-state index contributed by atoms with van der Waals surface area (Å²) < 4.78 is 0.215. The van der Waals surface area contributed by atoms with Crippen molar-refractivity contribution in [3.8, 4) is 0 Å². The van der Waals surface area contributed by atoms with Crippen LogP contribution in [0.4, 0.5) is 0 Å². The highest BCUT2D eigenvalue weighted by atomic mass is 32.2. The Morgan fingerprint density at radius 2 is 1.70 bits per heavy atom. The van der Waals surface area contributed by atoms with E-state index in [9.17, 15) is 4.79 Å². The first-order chi connectivity index (χ1) is 14.5. The second-order valence-electron chi connectivity index (χ2n) is 7.98. The molecular weight excluding hydrogens is 392 g/mol. The van der Waals surface area contributed by atoms with Crippen molar-refractivity contribution in [2.75, 3.05) is 27.7 Å². The average Bonchev–Trinajstić information content (AvgIpc) is 3.23. The summed E-state index contributed by atoms with van der Waals surface area (Å²) in [7, 11) is 5.33. The van der Waals surface area contributed by atoms with E-state index in [0.717, 1.165) is 18.1 Å². The molecular formula is C24H32N4OS. The van der Waals surface area contributed by atoms with Gasteiger partial charge in [0.1, 0.15) is 0 Å². The third-order valence-corrected chi connectivity index (χ3v) is 6.95.